The van der Waals surface area contributed by atoms with Gasteiger partial charge in [0.15, 0.2) is 0 Å². The van der Waals surface area contributed by atoms with E-state index in [4.69, 9.17) is 4.74 Å². The van der Waals surface area contributed by atoms with Crippen LogP contribution >= 0.6 is 0 Å². The monoisotopic (exact) mass is 239 g/mol. The van der Waals surface area contributed by atoms with Crippen LogP contribution in [0.3, 0.4) is 0 Å². The Morgan fingerprint density at radius 1 is 1.41 bits per heavy atom. The Labute approximate surface area is 101 Å². The van der Waals surface area contributed by atoms with E-state index in [2.05, 4.69) is 5.32 Å². The van der Waals surface area contributed by atoms with Crippen molar-refractivity contribution < 1.29 is 13.9 Å². The van der Waals surface area contributed by atoms with Gasteiger partial charge in [-0.1, -0.05) is 13.8 Å². The van der Waals surface area contributed by atoms with Gasteiger partial charge >= 0.3 is 0 Å². The number of benzene rings is 1. The molecule has 1 aromatic carbocycles. The average Bonchev–Trinajstić information content (AvgIpc) is 2.25. The normalized spacial score (nSPS) is 10.6. The molecule has 0 spiro atoms. The van der Waals surface area contributed by atoms with Gasteiger partial charge in [-0.15, -0.1) is 0 Å². The van der Waals surface area contributed by atoms with Crippen molar-refractivity contribution in [2.75, 3.05) is 19.0 Å². The van der Waals surface area contributed by atoms with E-state index in [9.17, 15) is 9.18 Å². The van der Waals surface area contributed by atoms with Crippen LogP contribution in [0.4, 0.5) is 10.1 Å². The fraction of sp³-hybridized carbons (Fsp3) is 0.462. The highest BCUT2D eigenvalue weighted by Gasteiger charge is 2.07. The summed E-state index contributed by atoms with van der Waals surface area (Å²) in [6, 6.07) is 4.59. The molecule has 1 N–H and O–H groups in total. The summed E-state index contributed by atoms with van der Waals surface area (Å²) in [5.41, 5.74) is 1.36. The number of amides is 1. The standard InChI is InChI=1S/C13H18FNO2/c1-9(2)10-6-11(14)8-12(7-10)15-13(16)4-5-17-3/h6-9H,4-5H2,1-3H3,(H,15,16). The van der Waals surface area contributed by atoms with Gasteiger partial charge in [0.05, 0.1) is 13.0 Å². The molecular weight excluding hydrogens is 221 g/mol. The van der Waals surface area contributed by atoms with Gasteiger partial charge < -0.3 is 10.1 Å². The van der Waals surface area contributed by atoms with E-state index in [-0.39, 0.29) is 24.1 Å². The fourth-order valence-corrected chi connectivity index (χ4v) is 1.44. The molecule has 0 radical (unpaired) electrons. The predicted molar refractivity (Wildman–Crippen MR) is 65.6 cm³/mol. The molecule has 94 valence electrons. The lowest BCUT2D eigenvalue weighted by atomic mass is 10.0. The fourth-order valence-electron chi connectivity index (χ4n) is 1.44. The minimum absolute atomic E-state index is 0.174. The van der Waals surface area contributed by atoms with Gasteiger partial charge in [0, 0.05) is 12.8 Å². The molecule has 0 fully saturated rings. The molecule has 0 saturated heterocycles. The molecule has 0 unspecified atom stereocenters. The maximum atomic E-state index is 13.3. The van der Waals surface area contributed by atoms with Crippen molar-refractivity contribution >= 4 is 11.6 Å². The molecule has 0 bridgehead atoms. The molecule has 0 aliphatic heterocycles. The Balaban J connectivity index is 2.73. The number of halogens is 1. The lowest BCUT2D eigenvalue weighted by Crippen LogP contribution is -2.14. The zero-order valence-electron chi connectivity index (χ0n) is 10.4. The Morgan fingerprint density at radius 2 is 2.12 bits per heavy atom. The van der Waals surface area contributed by atoms with Gasteiger partial charge in [-0.25, -0.2) is 4.39 Å². The number of hydrogen-bond donors (Lipinski definition) is 1. The van der Waals surface area contributed by atoms with Crippen LogP contribution in [0.25, 0.3) is 0 Å². The second-order valence-corrected chi connectivity index (χ2v) is 4.22. The zero-order chi connectivity index (χ0) is 12.8. The van der Waals surface area contributed by atoms with Crippen LogP contribution in [0.15, 0.2) is 18.2 Å². The van der Waals surface area contributed by atoms with Gasteiger partial charge in [0.2, 0.25) is 5.91 Å². The summed E-state index contributed by atoms with van der Waals surface area (Å²) >= 11 is 0. The van der Waals surface area contributed by atoms with E-state index >= 15 is 0 Å². The summed E-state index contributed by atoms with van der Waals surface area (Å²) in [5, 5.41) is 2.65. The van der Waals surface area contributed by atoms with Crippen LogP contribution in [0.1, 0.15) is 31.7 Å². The lowest BCUT2D eigenvalue weighted by molar-refractivity contribution is -0.117. The third-order valence-electron chi connectivity index (χ3n) is 2.40. The minimum Gasteiger partial charge on any atom is -0.384 e. The SMILES string of the molecule is COCCC(=O)Nc1cc(F)cc(C(C)C)c1. The quantitative estimate of drug-likeness (QED) is 0.858. The molecular formula is C13H18FNO2. The van der Waals surface area contributed by atoms with E-state index in [1.165, 1.54) is 19.2 Å². The van der Waals surface area contributed by atoms with Crippen molar-refractivity contribution in [3.05, 3.63) is 29.6 Å². The molecule has 1 aromatic rings. The molecule has 17 heavy (non-hydrogen) atoms. The number of hydrogen-bond acceptors (Lipinski definition) is 2. The Morgan fingerprint density at radius 3 is 2.71 bits per heavy atom. The molecule has 0 aliphatic carbocycles. The second kappa shape index (κ2) is 6.35. The van der Waals surface area contributed by atoms with E-state index in [0.717, 1.165) is 5.56 Å². The topological polar surface area (TPSA) is 38.3 Å². The highest BCUT2D eigenvalue weighted by atomic mass is 19.1. The highest BCUT2D eigenvalue weighted by Crippen LogP contribution is 2.20. The van der Waals surface area contributed by atoms with Crippen LogP contribution in [-0.4, -0.2) is 19.6 Å². The van der Waals surface area contributed by atoms with Gasteiger partial charge in [0.25, 0.3) is 0 Å². The Kier molecular flexibility index (Phi) is 5.10. The first kappa shape index (κ1) is 13.6. The molecule has 0 saturated carbocycles. The van der Waals surface area contributed by atoms with Crippen molar-refractivity contribution in [1.29, 1.82) is 0 Å². The van der Waals surface area contributed by atoms with Gasteiger partial charge in [-0.2, -0.15) is 0 Å². The van der Waals surface area contributed by atoms with E-state index in [0.29, 0.717) is 12.3 Å². The van der Waals surface area contributed by atoms with Crippen molar-refractivity contribution in [3.63, 3.8) is 0 Å². The van der Waals surface area contributed by atoms with Crippen molar-refractivity contribution in [2.24, 2.45) is 0 Å². The van der Waals surface area contributed by atoms with Crippen LogP contribution in [0.5, 0.6) is 0 Å². The summed E-state index contributed by atoms with van der Waals surface area (Å²) in [7, 11) is 1.53. The predicted octanol–water partition coefficient (Wildman–Crippen LogP) is 2.92. The van der Waals surface area contributed by atoms with Crippen LogP contribution < -0.4 is 5.32 Å². The third kappa shape index (κ3) is 4.53. The third-order valence-corrected chi connectivity index (χ3v) is 2.40. The van der Waals surface area contributed by atoms with Crippen LogP contribution in [-0.2, 0) is 9.53 Å². The highest BCUT2D eigenvalue weighted by molar-refractivity contribution is 5.90. The lowest BCUT2D eigenvalue weighted by Gasteiger charge is -2.10. The number of ether oxygens (including phenoxy) is 1. The summed E-state index contributed by atoms with van der Waals surface area (Å²) in [4.78, 5) is 11.5. The number of methoxy groups -OCH3 is 1. The molecule has 0 aromatic heterocycles. The summed E-state index contributed by atoms with van der Waals surface area (Å²) < 4.78 is 18.1. The Bertz CT molecular complexity index is 391. The Hall–Kier alpha value is -1.42. The maximum Gasteiger partial charge on any atom is 0.226 e. The number of anilines is 1. The van der Waals surface area contributed by atoms with Gasteiger partial charge in [0.1, 0.15) is 5.82 Å². The molecule has 0 aliphatic rings. The first-order chi connectivity index (χ1) is 8.02. The number of carbonyl (C=O) groups is 1. The summed E-state index contributed by atoms with van der Waals surface area (Å²) in [5.74, 6) is -0.286. The van der Waals surface area contributed by atoms with E-state index in [1.54, 1.807) is 6.07 Å². The zero-order valence-corrected chi connectivity index (χ0v) is 10.4. The smallest absolute Gasteiger partial charge is 0.226 e. The largest absolute Gasteiger partial charge is 0.384 e. The molecule has 4 heteroatoms. The first-order valence-corrected chi connectivity index (χ1v) is 5.62. The second-order valence-electron chi connectivity index (χ2n) is 4.22. The molecule has 0 atom stereocenters. The number of nitrogens with one attached hydrogen (secondary N) is 1. The molecule has 1 amide bonds. The van der Waals surface area contributed by atoms with Gasteiger partial charge in [-0.3, -0.25) is 4.79 Å². The maximum absolute atomic E-state index is 13.3. The van der Waals surface area contributed by atoms with Crippen LogP contribution in [0.2, 0.25) is 0 Å². The van der Waals surface area contributed by atoms with Crippen molar-refractivity contribution in [1.82, 2.24) is 0 Å². The molecule has 1 rings (SSSR count). The summed E-state index contributed by atoms with van der Waals surface area (Å²) in [6.45, 7) is 4.31. The van der Waals surface area contributed by atoms with Gasteiger partial charge in [-0.05, 0) is 29.7 Å². The number of rotatable bonds is 5. The number of carbonyl (C=O) groups excluding carboxylic acids is 1. The van der Waals surface area contributed by atoms with Crippen molar-refractivity contribution in [3.8, 4) is 0 Å². The summed E-state index contributed by atoms with van der Waals surface area (Å²) in [6.07, 6.45) is 0.268. The van der Waals surface area contributed by atoms with Crippen molar-refractivity contribution in [2.45, 2.75) is 26.2 Å². The molecule has 3 nitrogen and oxygen atoms in total. The van der Waals surface area contributed by atoms with E-state index in [1.807, 2.05) is 13.8 Å². The molecule has 0 heterocycles. The average molecular weight is 239 g/mol. The van der Waals surface area contributed by atoms with Crippen LogP contribution in [0, 0.1) is 5.82 Å². The minimum atomic E-state index is -0.335. The van der Waals surface area contributed by atoms with E-state index < -0.39 is 0 Å². The first-order valence-electron chi connectivity index (χ1n) is 5.62.